The fraction of sp³-hybridized carbons (Fsp3) is 0.250. The summed E-state index contributed by atoms with van der Waals surface area (Å²) >= 11 is 0. The molecule has 0 aliphatic carbocycles. The summed E-state index contributed by atoms with van der Waals surface area (Å²) < 4.78 is 5.85. The van der Waals surface area contributed by atoms with E-state index >= 15 is 0 Å². The van der Waals surface area contributed by atoms with Gasteiger partial charge >= 0.3 is 5.97 Å². The Morgan fingerprint density at radius 2 is 1.85 bits per heavy atom. The number of hydrogen-bond donors (Lipinski definition) is 4. The summed E-state index contributed by atoms with van der Waals surface area (Å²) in [6.45, 7) is 0.0913. The van der Waals surface area contributed by atoms with E-state index in [1.54, 1.807) is 61.6 Å². The van der Waals surface area contributed by atoms with Crippen LogP contribution in [0.25, 0.3) is 10.8 Å². The van der Waals surface area contributed by atoms with Crippen molar-refractivity contribution in [2.45, 2.75) is 18.9 Å². The highest BCUT2D eigenvalue weighted by Crippen LogP contribution is 2.24. The quantitative estimate of drug-likeness (QED) is 0.291. The average molecular weight is 450 g/mol. The fourth-order valence-electron chi connectivity index (χ4n) is 3.26. The summed E-state index contributed by atoms with van der Waals surface area (Å²) in [7, 11) is 3.55. The molecule has 0 bridgehead atoms. The van der Waals surface area contributed by atoms with Crippen molar-refractivity contribution in [3.05, 3.63) is 65.9 Å². The number of nitrogens with two attached hydrogens (primary N) is 1. The number of anilines is 1. The summed E-state index contributed by atoms with van der Waals surface area (Å²) in [5, 5.41) is 21.6. The predicted octanol–water partition coefficient (Wildman–Crippen LogP) is 2.75. The van der Waals surface area contributed by atoms with Crippen molar-refractivity contribution < 1.29 is 19.4 Å². The molecule has 3 aromatic rings. The van der Waals surface area contributed by atoms with Gasteiger partial charge in [0.15, 0.2) is 0 Å². The zero-order valence-corrected chi connectivity index (χ0v) is 18.5. The maximum atomic E-state index is 12.7. The highest BCUT2D eigenvalue weighted by Gasteiger charge is 2.17. The van der Waals surface area contributed by atoms with Crippen LogP contribution in [0.4, 0.5) is 5.82 Å². The molecule has 2 aromatic carbocycles. The number of carboxylic acid groups (broad SMARTS) is 1. The van der Waals surface area contributed by atoms with Crippen molar-refractivity contribution in [3.8, 4) is 5.75 Å². The van der Waals surface area contributed by atoms with E-state index in [0.717, 1.165) is 10.8 Å². The van der Waals surface area contributed by atoms with Gasteiger partial charge in [0.05, 0.1) is 6.04 Å². The summed E-state index contributed by atoms with van der Waals surface area (Å²) in [6, 6.07) is 13.4. The van der Waals surface area contributed by atoms with Crippen molar-refractivity contribution in [3.63, 3.8) is 0 Å². The smallest absolute Gasteiger partial charge is 0.303 e. The van der Waals surface area contributed by atoms with Crippen molar-refractivity contribution in [2.24, 2.45) is 0 Å². The molecular weight excluding hydrogens is 422 g/mol. The van der Waals surface area contributed by atoms with E-state index in [1.807, 2.05) is 12.1 Å². The molecule has 0 spiro atoms. The molecule has 0 fully saturated rings. The number of aliphatic carboxylic acids is 1. The normalized spacial score (nSPS) is 11.6. The molecule has 1 unspecified atom stereocenters. The SMILES string of the molecule is CN(C)C(=N)c1ccc(C(=O)NC(CCC(=O)O)COc2ccc3ccnc(N)c3c2)cc1. The Hall–Kier alpha value is -4.14. The number of benzene rings is 2. The zero-order valence-electron chi connectivity index (χ0n) is 18.5. The number of aromatic nitrogens is 1. The molecule has 1 aromatic heterocycles. The van der Waals surface area contributed by atoms with Crippen molar-refractivity contribution >= 4 is 34.3 Å². The van der Waals surface area contributed by atoms with Crippen molar-refractivity contribution in [1.82, 2.24) is 15.2 Å². The van der Waals surface area contributed by atoms with Crippen LogP contribution in [-0.2, 0) is 4.79 Å². The van der Waals surface area contributed by atoms with Gasteiger partial charge in [-0.15, -0.1) is 0 Å². The third kappa shape index (κ3) is 6.19. The number of nitrogen functional groups attached to an aromatic ring is 1. The van der Waals surface area contributed by atoms with Crippen LogP contribution in [0.2, 0.25) is 0 Å². The minimum atomic E-state index is -0.953. The molecule has 1 heterocycles. The molecule has 0 saturated heterocycles. The van der Waals surface area contributed by atoms with E-state index in [0.29, 0.717) is 28.5 Å². The molecule has 172 valence electrons. The van der Waals surface area contributed by atoms with Gasteiger partial charge in [0.25, 0.3) is 5.91 Å². The molecule has 0 aliphatic heterocycles. The van der Waals surface area contributed by atoms with Gasteiger partial charge < -0.3 is 25.8 Å². The maximum absolute atomic E-state index is 12.7. The van der Waals surface area contributed by atoms with Gasteiger partial charge in [0, 0.05) is 43.2 Å². The van der Waals surface area contributed by atoms with Crippen LogP contribution in [0.15, 0.2) is 54.7 Å². The molecule has 0 radical (unpaired) electrons. The van der Waals surface area contributed by atoms with Gasteiger partial charge in [-0.05, 0) is 42.1 Å². The summed E-state index contributed by atoms with van der Waals surface area (Å²) in [4.78, 5) is 29.6. The molecule has 9 nitrogen and oxygen atoms in total. The number of rotatable bonds is 9. The monoisotopic (exact) mass is 449 g/mol. The van der Waals surface area contributed by atoms with Gasteiger partial charge in [0.1, 0.15) is 24.0 Å². The van der Waals surface area contributed by atoms with E-state index in [-0.39, 0.29) is 25.4 Å². The Kier molecular flexibility index (Phi) is 7.45. The first-order valence-electron chi connectivity index (χ1n) is 10.4. The van der Waals surface area contributed by atoms with Gasteiger partial charge in [-0.2, -0.15) is 0 Å². The van der Waals surface area contributed by atoms with E-state index in [2.05, 4.69) is 10.3 Å². The molecule has 3 rings (SSSR count). The van der Waals surface area contributed by atoms with Gasteiger partial charge in [-0.1, -0.05) is 18.2 Å². The first-order valence-corrected chi connectivity index (χ1v) is 10.4. The molecule has 33 heavy (non-hydrogen) atoms. The first kappa shape index (κ1) is 23.5. The molecule has 1 atom stereocenters. The van der Waals surface area contributed by atoms with E-state index in [9.17, 15) is 9.59 Å². The Morgan fingerprint density at radius 1 is 1.15 bits per heavy atom. The number of carbonyl (C=O) groups excluding carboxylic acids is 1. The molecule has 9 heteroatoms. The zero-order chi connectivity index (χ0) is 24.0. The number of hydrogen-bond acceptors (Lipinski definition) is 6. The standard InChI is InChI=1S/C24H27N5O4/c1-29(2)23(26)16-3-5-17(6-4-16)24(32)28-18(8-10-21(30)31)14-33-19-9-7-15-11-12-27-22(25)20(15)13-19/h3-7,9,11-13,18,26H,8,10,14H2,1-2H3,(H2,25,27)(H,28,32)(H,30,31). The molecular formula is C24H27N5O4. The topological polar surface area (TPSA) is 142 Å². The Bertz CT molecular complexity index is 1160. The second kappa shape index (κ2) is 10.4. The average Bonchev–Trinajstić information content (AvgIpc) is 2.80. The molecule has 0 aliphatic rings. The van der Waals surface area contributed by atoms with Crippen LogP contribution in [-0.4, -0.2) is 59.4 Å². The Balaban J connectivity index is 1.69. The molecule has 0 saturated carbocycles. The number of nitrogens with one attached hydrogen (secondary N) is 2. The Labute approximate surface area is 191 Å². The highest BCUT2D eigenvalue weighted by atomic mass is 16.5. The van der Waals surface area contributed by atoms with Gasteiger partial charge in [0.2, 0.25) is 0 Å². The van der Waals surface area contributed by atoms with Crippen LogP contribution in [0.5, 0.6) is 5.75 Å². The third-order valence-corrected chi connectivity index (χ3v) is 5.13. The van der Waals surface area contributed by atoms with Crippen LogP contribution in [0.1, 0.15) is 28.8 Å². The number of carboxylic acids is 1. The lowest BCUT2D eigenvalue weighted by atomic mass is 10.1. The lowest BCUT2D eigenvalue weighted by molar-refractivity contribution is -0.137. The minimum absolute atomic E-state index is 0.0913. The van der Waals surface area contributed by atoms with Crippen LogP contribution in [0, 0.1) is 5.41 Å². The van der Waals surface area contributed by atoms with Gasteiger partial charge in [-0.25, -0.2) is 4.98 Å². The van der Waals surface area contributed by atoms with E-state index in [4.69, 9.17) is 21.0 Å². The van der Waals surface area contributed by atoms with Crippen molar-refractivity contribution in [1.29, 1.82) is 5.41 Å². The lowest BCUT2D eigenvalue weighted by Gasteiger charge is -2.19. The predicted molar refractivity (Wildman–Crippen MR) is 127 cm³/mol. The van der Waals surface area contributed by atoms with Crippen LogP contribution < -0.4 is 15.8 Å². The maximum Gasteiger partial charge on any atom is 0.303 e. The second-order valence-corrected chi connectivity index (χ2v) is 7.81. The van der Waals surface area contributed by atoms with Crippen LogP contribution >= 0.6 is 0 Å². The number of pyridine rings is 1. The largest absolute Gasteiger partial charge is 0.491 e. The highest BCUT2D eigenvalue weighted by molar-refractivity contribution is 5.98. The third-order valence-electron chi connectivity index (χ3n) is 5.13. The number of fused-ring (bicyclic) bond motifs is 1. The fourth-order valence-corrected chi connectivity index (χ4v) is 3.26. The minimum Gasteiger partial charge on any atom is -0.491 e. The second-order valence-electron chi connectivity index (χ2n) is 7.81. The number of carbonyl (C=O) groups is 2. The number of ether oxygens (including phenoxy) is 1. The van der Waals surface area contributed by atoms with E-state index < -0.39 is 12.0 Å². The molecule has 1 amide bonds. The number of amidine groups is 1. The summed E-state index contributed by atoms with van der Waals surface area (Å²) in [5.74, 6) is -0.0297. The number of amides is 1. The lowest BCUT2D eigenvalue weighted by Crippen LogP contribution is -2.39. The Morgan fingerprint density at radius 3 is 2.52 bits per heavy atom. The number of nitrogens with zero attached hydrogens (tertiary/aromatic N) is 2. The van der Waals surface area contributed by atoms with E-state index in [1.165, 1.54) is 0 Å². The summed E-state index contributed by atoms with van der Waals surface area (Å²) in [5.41, 5.74) is 7.03. The first-order chi connectivity index (χ1) is 15.7. The van der Waals surface area contributed by atoms with Crippen LogP contribution in [0.3, 0.4) is 0 Å². The van der Waals surface area contributed by atoms with Gasteiger partial charge in [-0.3, -0.25) is 15.0 Å². The summed E-state index contributed by atoms with van der Waals surface area (Å²) in [6.07, 6.45) is 1.73. The molecule has 5 N–H and O–H groups in total. The van der Waals surface area contributed by atoms with Crippen molar-refractivity contribution in [2.75, 3.05) is 26.4 Å².